The Morgan fingerprint density at radius 2 is 2.06 bits per heavy atom. The molecule has 0 aromatic heterocycles. The van der Waals surface area contributed by atoms with E-state index in [1.54, 1.807) is 7.28 Å². The molecule has 0 aliphatic carbocycles. The van der Waals surface area contributed by atoms with Crippen molar-refractivity contribution in [2.45, 2.75) is 81.2 Å². The smallest absolute Gasteiger partial charge is 0.0888 e. The van der Waals surface area contributed by atoms with Gasteiger partial charge in [-0.25, -0.2) is 0 Å². The lowest BCUT2D eigenvalue weighted by Crippen LogP contribution is -2.33. The molecule has 0 N–H and O–H groups in total. The number of hydrogen-bond acceptors (Lipinski definition) is 0. The Balaban J connectivity index is 1.79. The minimum atomic E-state index is 0.822. The van der Waals surface area contributed by atoms with Gasteiger partial charge in [0.15, 0.2) is 0 Å². The van der Waals surface area contributed by atoms with E-state index in [1.165, 1.54) is 57.8 Å². The van der Waals surface area contributed by atoms with Gasteiger partial charge in [-0.3, -0.25) is 0 Å². The summed E-state index contributed by atoms with van der Waals surface area (Å²) in [4.78, 5) is 0.822. The van der Waals surface area contributed by atoms with Crippen molar-refractivity contribution in [3.63, 3.8) is 0 Å². The summed E-state index contributed by atoms with van der Waals surface area (Å²) < 4.78 is 0. The van der Waals surface area contributed by atoms with Crippen molar-refractivity contribution in [2.24, 2.45) is 5.92 Å². The molecule has 0 saturated carbocycles. The van der Waals surface area contributed by atoms with Crippen molar-refractivity contribution in [3.8, 4) is 0 Å². The van der Waals surface area contributed by atoms with Crippen LogP contribution in [0.1, 0.15) is 64.7 Å². The van der Waals surface area contributed by atoms with Gasteiger partial charge in [0.05, 0.1) is 0 Å². The van der Waals surface area contributed by atoms with E-state index in [2.05, 4.69) is 22.9 Å². The van der Waals surface area contributed by atoms with Gasteiger partial charge in [0.2, 0.25) is 0 Å². The van der Waals surface area contributed by atoms with E-state index in [0.717, 1.165) is 22.4 Å². The van der Waals surface area contributed by atoms with Crippen molar-refractivity contribution in [1.82, 2.24) is 0 Å². The summed E-state index contributed by atoms with van der Waals surface area (Å²) in [6.45, 7) is 2.30. The van der Waals surface area contributed by atoms with Crippen molar-refractivity contribution in [3.05, 3.63) is 0 Å². The van der Waals surface area contributed by atoms with E-state index < -0.39 is 0 Å². The van der Waals surface area contributed by atoms with Crippen molar-refractivity contribution in [1.29, 1.82) is 0 Å². The van der Waals surface area contributed by atoms with Gasteiger partial charge in [-0.05, 0) is 12.3 Å². The van der Waals surface area contributed by atoms with E-state index >= 15 is 0 Å². The van der Waals surface area contributed by atoms with Crippen molar-refractivity contribution in [2.75, 3.05) is 0 Å². The van der Waals surface area contributed by atoms with Crippen LogP contribution in [0.4, 0.5) is 0 Å². The van der Waals surface area contributed by atoms with Gasteiger partial charge in [-0.15, -0.1) is 0 Å². The number of halogens is 1. The molecule has 0 aromatic carbocycles. The summed E-state index contributed by atoms with van der Waals surface area (Å²) in [5, 5.41) is 0. The molecule has 2 saturated heterocycles. The molecule has 0 nitrogen and oxygen atoms in total. The first-order valence-corrected chi connectivity index (χ1v) is 8.37. The zero-order valence-electron chi connectivity index (χ0n) is 10.8. The highest BCUT2D eigenvalue weighted by Gasteiger charge is 2.36. The second-order valence-corrected chi connectivity index (χ2v) is 7.22. The largest absolute Gasteiger partial charge is 0.128 e. The monoisotopic (exact) mass is 284 g/mol. The second-order valence-electron chi connectivity index (χ2n) is 6.05. The molecule has 0 spiro atoms. The van der Waals surface area contributed by atoms with Gasteiger partial charge in [0.1, 0.15) is 7.28 Å². The van der Waals surface area contributed by atoms with Crippen LogP contribution in [-0.2, 0) is 0 Å². The van der Waals surface area contributed by atoms with Gasteiger partial charge >= 0.3 is 0 Å². The average Bonchev–Trinajstić information content (AvgIpc) is 2.30. The molecule has 0 amide bonds. The topological polar surface area (TPSA) is 0 Å². The summed E-state index contributed by atoms with van der Waals surface area (Å²) in [5.41, 5.74) is 0. The van der Waals surface area contributed by atoms with Crippen LogP contribution >= 0.6 is 15.9 Å². The number of fused-ring (bicyclic) bond motifs is 2. The van der Waals surface area contributed by atoms with Gasteiger partial charge in [0, 0.05) is 4.83 Å². The van der Waals surface area contributed by atoms with Crippen LogP contribution in [0.2, 0.25) is 11.6 Å². The Kier molecular flexibility index (Phi) is 5.25. The van der Waals surface area contributed by atoms with Gasteiger partial charge < -0.3 is 0 Å². The van der Waals surface area contributed by atoms with E-state index in [9.17, 15) is 0 Å². The fourth-order valence-electron chi connectivity index (χ4n) is 3.93. The molecule has 0 aromatic rings. The second kappa shape index (κ2) is 6.47. The maximum absolute atomic E-state index is 3.99. The normalized spacial score (nSPS) is 35.5. The molecule has 2 rings (SSSR count). The molecule has 2 bridgehead atoms. The van der Waals surface area contributed by atoms with Crippen LogP contribution in [0.5, 0.6) is 0 Å². The zero-order valence-corrected chi connectivity index (χ0v) is 12.3. The van der Waals surface area contributed by atoms with Crippen molar-refractivity contribution < 1.29 is 0 Å². The Bertz CT molecular complexity index is 207. The van der Waals surface area contributed by atoms with Crippen LogP contribution < -0.4 is 0 Å². The maximum Gasteiger partial charge on any atom is 0.128 e. The Morgan fingerprint density at radius 3 is 2.88 bits per heavy atom. The average molecular weight is 285 g/mol. The van der Waals surface area contributed by atoms with Crippen molar-refractivity contribution >= 4 is 23.2 Å². The highest BCUT2D eigenvalue weighted by atomic mass is 79.9. The molecular formula is C14H26BBr. The quantitative estimate of drug-likeness (QED) is 0.381. The highest BCUT2D eigenvalue weighted by molar-refractivity contribution is 9.09. The molecular weight excluding hydrogens is 259 g/mol. The lowest BCUT2D eigenvalue weighted by atomic mass is 9.41. The molecule has 92 valence electrons. The van der Waals surface area contributed by atoms with E-state index in [-0.39, 0.29) is 0 Å². The van der Waals surface area contributed by atoms with Crippen LogP contribution in [0.15, 0.2) is 0 Å². The fourth-order valence-corrected chi connectivity index (χ4v) is 4.95. The molecule has 2 aliphatic rings. The Hall–Kier alpha value is 0.545. The Labute approximate surface area is 110 Å². The Morgan fingerprint density at radius 1 is 1.19 bits per heavy atom. The SMILES string of the molecule is CCCCCC(Br)C1CCC2BC1CCC2. The third-order valence-electron chi connectivity index (χ3n) is 4.89. The van der Waals surface area contributed by atoms with Crippen LogP contribution in [-0.4, -0.2) is 12.1 Å². The highest BCUT2D eigenvalue weighted by Crippen LogP contribution is 2.48. The number of rotatable bonds is 5. The first-order chi connectivity index (χ1) is 7.81. The summed E-state index contributed by atoms with van der Waals surface area (Å²) in [7, 11) is 1.56. The third kappa shape index (κ3) is 3.27. The van der Waals surface area contributed by atoms with E-state index in [4.69, 9.17) is 0 Å². The third-order valence-corrected chi connectivity index (χ3v) is 6.02. The molecule has 2 aliphatic heterocycles. The van der Waals surface area contributed by atoms with Crippen LogP contribution in [0.25, 0.3) is 0 Å². The molecule has 16 heavy (non-hydrogen) atoms. The minimum absolute atomic E-state index is 0.822. The predicted octanol–water partition coefficient (Wildman–Crippen LogP) is 4.94. The summed E-state index contributed by atoms with van der Waals surface area (Å²) in [6.07, 6.45) is 13.2. The molecule has 4 atom stereocenters. The van der Waals surface area contributed by atoms with E-state index in [1.807, 2.05) is 0 Å². The lowest BCUT2D eigenvalue weighted by Gasteiger charge is -2.41. The van der Waals surface area contributed by atoms with Gasteiger partial charge in [-0.1, -0.05) is 85.9 Å². The molecule has 0 radical (unpaired) electrons. The fraction of sp³-hybridized carbons (Fsp3) is 1.00. The van der Waals surface area contributed by atoms with Gasteiger partial charge in [0.25, 0.3) is 0 Å². The van der Waals surface area contributed by atoms with E-state index in [0.29, 0.717) is 0 Å². The lowest BCUT2D eigenvalue weighted by molar-refractivity contribution is 0.327. The molecule has 2 fully saturated rings. The number of alkyl halides is 1. The van der Waals surface area contributed by atoms with Crippen LogP contribution in [0.3, 0.4) is 0 Å². The first-order valence-electron chi connectivity index (χ1n) is 7.45. The first kappa shape index (κ1) is 13.0. The molecule has 2 heteroatoms. The zero-order chi connectivity index (χ0) is 11.4. The summed E-state index contributed by atoms with van der Waals surface area (Å²) in [6, 6.07) is 0. The summed E-state index contributed by atoms with van der Waals surface area (Å²) >= 11 is 3.99. The predicted molar refractivity (Wildman–Crippen MR) is 78.1 cm³/mol. The number of hydrogen-bond donors (Lipinski definition) is 0. The number of unbranched alkanes of at least 4 members (excludes halogenated alkanes) is 2. The van der Waals surface area contributed by atoms with Crippen LogP contribution in [0, 0.1) is 5.92 Å². The maximum atomic E-state index is 3.99. The standard InChI is InChI=1S/C14H26BBr/c1-2-3-4-8-14(16)12-10-9-11-6-5-7-13(12)15-11/h11-15H,2-10H2,1H3. The summed E-state index contributed by atoms with van der Waals surface area (Å²) in [5.74, 6) is 3.18. The minimum Gasteiger partial charge on any atom is -0.0888 e. The van der Waals surface area contributed by atoms with Gasteiger partial charge in [-0.2, -0.15) is 0 Å². The molecule has 4 unspecified atom stereocenters. The molecule has 2 heterocycles.